The van der Waals surface area contributed by atoms with Crippen molar-refractivity contribution >= 4 is 23.5 Å². The van der Waals surface area contributed by atoms with Gasteiger partial charge in [-0.1, -0.05) is 42.3 Å². The van der Waals surface area contributed by atoms with Gasteiger partial charge in [-0.25, -0.2) is 0 Å². The van der Waals surface area contributed by atoms with Crippen molar-refractivity contribution in [2.24, 2.45) is 11.3 Å². The van der Waals surface area contributed by atoms with Crippen molar-refractivity contribution in [3.05, 3.63) is 41.0 Å². The van der Waals surface area contributed by atoms with Gasteiger partial charge < -0.3 is 14.2 Å². The number of methoxy groups -OCH3 is 3. The molecule has 0 aromatic heterocycles. The fourth-order valence-corrected chi connectivity index (χ4v) is 4.07. The molecular formula is C22H28O6. The lowest BCUT2D eigenvalue weighted by molar-refractivity contribution is -0.169. The van der Waals surface area contributed by atoms with Crippen LogP contribution in [0.15, 0.2) is 29.8 Å². The quantitative estimate of drug-likeness (QED) is 0.422. The highest BCUT2D eigenvalue weighted by molar-refractivity contribution is 6.01. The third-order valence-electron chi connectivity index (χ3n) is 5.51. The highest BCUT2D eigenvalue weighted by Gasteiger charge is 2.56. The number of esters is 3. The predicted octanol–water partition coefficient (Wildman–Crippen LogP) is 3.46. The van der Waals surface area contributed by atoms with Gasteiger partial charge in [-0.15, -0.1) is 0 Å². The topological polar surface area (TPSA) is 78.9 Å². The average molecular weight is 388 g/mol. The van der Waals surface area contributed by atoms with Crippen LogP contribution in [0.25, 0.3) is 5.57 Å². The molecule has 1 aromatic carbocycles. The fraction of sp³-hybridized carbons (Fsp3) is 0.500. The Morgan fingerprint density at radius 3 is 2.04 bits per heavy atom. The maximum atomic E-state index is 12.6. The zero-order valence-corrected chi connectivity index (χ0v) is 17.2. The molecule has 1 atom stereocenters. The zero-order chi connectivity index (χ0) is 20.9. The summed E-state index contributed by atoms with van der Waals surface area (Å²) in [6.07, 6.45) is 1.13. The van der Waals surface area contributed by atoms with Crippen LogP contribution in [0.4, 0.5) is 0 Å². The van der Waals surface area contributed by atoms with Crippen molar-refractivity contribution in [2.45, 2.75) is 39.5 Å². The Hall–Kier alpha value is -2.63. The van der Waals surface area contributed by atoms with Crippen molar-refractivity contribution in [1.29, 1.82) is 0 Å². The third-order valence-corrected chi connectivity index (χ3v) is 5.51. The van der Waals surface area contributed by atoms with Crippen molar-refractivity contribution < 1.29 is 28.6 Å². The van der Waals surface area contributed by atoms with Gasteiger partial charge in [0.25, 0.3) is 0 Å². The number of benzene rings is 1. The van der Waals surface area contributed by atoms with E-state index < -0.39 is 17.4 Å². The molecule has 28 heavy (non-hydrogen) atoms. The van der Waals surface area contributed by atoms with E-state index in [0.717, 1.165) is 22.3 Å². The Balaban J connectivity index is 2.62. The number of rotatable bonds is 6. The van der Waals surface area contributed by atoms with E-state index in [4.69, 9.17) is 14.2 Å². The van der Waals surface area contributed by atoms with E-state index in [-0.39, 0.29) is 31.1 Å². The average Bonchev–Trinajstić information content (AvgIpc) is 3.08. The third kappa shape index (κ3) is 4.11. The number of aryl methyl sites for hydroxylation is 1. The summed E-state index contributed by atoms with van der Waals surface area (Å²) >= 11 is 0. The van der Waals surface area contributed by atoms with Gasteiger partial charge in [-0.3, -0.25) is 14.4 Å². The molecule has 6 heteroatoms. The molecule has 0 spiro atoms. The summed E-state index contributed by atoms with van der Waals surface area (Å²) in [7, 11) is 3.84. The Kier molecular flexibility index (Phi) is 7.00. The smallest absolute Gasteiger partial charge is 0.323 e. The fourth-order valence-electron chi connectivity index (χ4n) is 4.07. The molecule has 1 fully saturated rings. The van der Waals surface area contributed by atoms with Crippen LogP contribution in [0, 0.1) is 18.3 Å². The molecule has 0 saturated heterocycles. The summed E-state index contributed by atoms with van der Waals surface area (Å²) in [5.41, 5.74) is 2.66. The first-order chi connectivity index (χ1) is 13.3. The molecule has 0 bridgehead atoms. The molecule has 1 aliphatic carbocycles. The normalized spacial score (nSPS) is 19.7. The van der Waals surface area contributed by atoms with Crippen molar-refractivity contribution in [2.75, 3.05) is 21.3 Å². The maximum Gasteiger partial charge on any atom is 0.323 e. The molecule has 0 N–H and O–H groups in total. The second-order valence-corrected chi connectivity index (χ2v) is 7.15. The highest BCUT2D eigenvalue weighted by atomic mass is 16.5. The molecular weight excluding hydrogens is 360 g/mol. The van der Waals surface area contributed by atoms with E-state index in [1.165, 1.54) is 21.3 Å². The first kappa shape index (κ1) is 21.7. The minimum Gasteiger partial charge on any atom is -0.469 e. The Labute approximate surface area is 165 Å². The van der Waals surface area contributed by atoms with Crippen molar-refractivity contribution in [3.8, 4) is 0 Å². The van der Waals surface area contributed by atoms with Gasteiger partial charge in [0.2, 0.25) is 0 Å². The summed E-state index contributed by atoms with van der Waals surface area (Å²) in [6, 6.07) is 8.08. The largest absolute Gasteiger partial charge is 0.469 e. The molecule has 0 heterocycles. The van der Waals surface area contributed by atoms with Gasteiger partial charge in [-0.2, -0.15) is 0 Å². The van der Waals surface area contributed by atoms with E-state index in [2.05, 4.69) is 0 Å². The van der Waals surface area contributed by atoms with Crippen molar-refractivity contribution in [3.63, 3.8) is 0 Å². The molecule has 1 aliphatic rings. The van der Waals surface area contributed by atoms with Gasteiger partial charge in [-0.05, 0) is 43.2 Å². The van der Waals surface area contributed by atoms with E-state index in [1.807, 2.05) is 38.1 Å². The minimum atomic E-state index is -1.44. The molecule has 1 saturated carbocycles. The number of allylic oxidation sites excluding steroid dienone is 2. The van der Waals surface area contributed by atoms with Crippen LogP contribution in [0.2, 0.25) is 0 Å². The number of hydrogen-bond donors (Lipinski definition) is 0. The van der Waals surface area contributed by atoms with Gasteiger partial charge in [0, 0.05) is 0 Å². The minimum absolute atomic E-state index is 0.0942. The van der Waals surface area contributed by atoms with Crippen LogP contribution in [-0.2, 0) is 28.6 Å². The van der Waals surface area contributed by atoms with E-state index in [1.54, 1.807) is 0 Å². The molecule has 0 aliphatic heterocycles. The summed E-state index contributed by atoms with van der Waals surface area (Å²) < 4.78 is 14.7. The molecule has 1 unspecified atom stereocenters. The van der Waals surface area contributed by atoms with E-state index >= 15 is 0 Å². The lowest BCUT2D eigenvalue weighted by Gasteiger charge is -2.22. The van der Waals surface area contributed by atoms with Crippen LogP contribution in [-0.4, -0.2) is 39.2 Å². The van der Waals surface area contributed by atoms with E-state index in [0.29, 0.717) is 6.42 Å². The van der Waals surface area contributed by atoms with Gasteiger partial charge in [0.05, 0.1) is 27.8 Å². The number of ether oxygens (including phenoxy) is 3. The Morgan fingerprint density at radius 2 is 1.57 bits per heavy atom. The van der Waals surface area contributed by atoms with Gasteiger partial charge >= 0.3 is 17.9 Å². The summed E-state index contributed by atoms with van der Waals surface area (Å²) in [4.78, 5) is 37.2. The Morgan fingerprint density at radius 1 is 1.00 bits per heavy atom. The summed E-state index contributed by atoms with van der Waals surface area (Å²) in [6.45, 7) is 4.03. The zero-order valence-electron chi connectivity index (χ0n) is 17.2. The van der Waals surface area contributed by atoms with Gasteiger partial charge in [0.1, 0.15) is 0 Å². The second-order valence-electron chi connectivity index (χ2n) is 7.15. The summed E-state index contributed by atoms with van der Waals surface area (Å²) in [5.74, 6) is -1.96. The SMILES string of the molecule is CC/C(=C1/CC(C(=O)OC)(C(=O)OC)CC1CC(=O)OC)c1ccc(C)cc1. The van der Waals surface area contributed by atoms with Crippen LogP contribution in [0.3, 0.4) is 0 Å². The van der Waals surface area contributed by atoms with Crippen LogP contribution >= 0.6 is 0 Å². The standard InChI is InChI=1S/C22H28O6/c1-6-17(15-9-7-14(2)8-10-15)18-13-22(20(24)27-4,21(25)28-5)12-16(18)11-19(23)26-3/h7-10,16H,6,11-13H2,1-5H3/b18-17+. The second kappa shape index (κ2) is 9.04. The molecule has 0 amide bonds. The molecule has 6 nitrogen and oxygen atoms in total. The highest BCUT2D eigenvalue weighted by Crippen LogP contribution is 2.51. The predicted molar refractivity (Wildman–Crippen MR) is 104 cm³/mol. The monoisotopic (exact) mass is 388 g/mol. The van der Waals surface area contributed by atoms with Crippen LogP contribution < -0.4 is 0 Å². The molecule has 2 rings (SSSR count). The number of carbonyl (C=O) groups is 3. The van der Waals surface area contributed by atoms with E-state index in [9.17, 15) is 14.4 Å². The Bertz CT molecular complexity index is 759. The van der Waals surface area contributed by atoms with Crippen molar-refractivity contribution in [1.82, 2.24) is 0 Å². The maximum absolute atomic E-state index is 12.6. The lowest BCUT2D eigenvalue weighted by atomic mass is 9.84. The molecule has 0 radical (unpaired) electrons. The number of hydrogen-bond acceptors (Lipinski definition) is 6. The first-order valence-corrected chi connectivity index (χ1v) is 9.35. The number of carbonyl (C=O) groups excluding carboxylic acids is 3. The van der Waals surface area contributed by atoms with Gasteiger partial charge in [0.15, 0.2) is 5.41 Å². The van der Waals surface area contributed by atoms with Crippen LogP contribution in [0.5, 0.6) is 0 Å². The van der Waals surface area contributed by atoms with Crippen LogP contribution in [0.1, 0.15) is 43.7 Å². The molecule has 1 aromatic rings. The summed E-state index contributed by atoms with van der Waals surface area (Å²) in [5, 5.41) is 0. The first-order valence-electron chi connectivity index (χ1n) is 9.35. The lowest BCUT2D eigenvalue weighted by Crippen LogP contribution is -2.39. The molecule has 152 valence electrons.